The summed E-state index contributed by atoms with van der Waals surface area (Å²) in [6.07, 6.45) is 0. The Labute approximate surface area is 268 Å². The van der Waals surface area contributed by atoms with Gasteiger partial charge in [0.2, 0.25) is 0 Å². The van der Waals surface area contributed by atoms with Gasteiger partial charge in [0.25, 0.3) is 0 Å². The molecule has 0 atom stereocenters. The standard InChI is InChI=1S/C44H30N2/c1-2-14-31(15-3-1)33-19-12-20-35(28-33)45(41-27-13-18-32-16-4-6-21-37(32)41)44-30-36(29-34-17-5-7-22-38(34)44)46-42-25-10-8-23-39(42)40-24-9-11-26-43(40)46/h1-30H. The minimum Gasteiger partial charge on any atom is -0.309 e. The summed E-state index contributed by atoms with van der Waals surface area (Å²) in [4.78, 5) is 2.45. The van der Waals surface area contributed by atoms with Crippen LogP contribution in [0.25, 0.3) is 60.2 Å². The molecule has 0 amide bonds. The molecular weight excluding hydrogens is 556 g/mol. The van der Waals surface area contributed by atoms with Crippen LogP contribution in [0.4, 0.5) is 17.1 Å². The van der Waals surface area contributed by atoms with Gasteiger partial charge in [-0.15, -0.1) is 0 Å². The summed E-state index contributed by atoms with van der Waals surface area (Å²) in [5.41, 5.74) is 9.32. The van der Waals surface area contributed by atoms with Crippen LogP contribution in [0.3, 0.4) is 0 Å². The molecule has 1 heterocycles. The number of rotatable bonds is 5. The number of benzene rings is 8. The van der Waals surface area contributed by atoms with Crippen LogP contribution in [0.1, 0.15) is 0 Å². The van der Waals surface area contributed by atoms with E-state index in [1.54, 1.807) is 0 Å². The molecule has 9 rings (SSSR count). The highest BCUT2D eigenvalue weighted by Crippen LogP contribution is 2.44. The van der Waals surface area contributed by atoms with Crippen molar-refractivity contribution in [3.63, 3.8) is 0 Å². The summed E-state index contributed by atoms with van der Waals surface area (Å²) >= 11 is 0. The number of nitrogens with zero attached hydrogens (tertiary/aromatic N) is 2. The first-order chi connectivity index (χ1) is 22.8. The molecule has 216 valence electrons. The molecular formula is C44H30N2. The Balaban J connectivity index is 1.38. The molecule has 0 spiro atoms. The number of para-hydroxylation sites is 2. The fraction of sp³-hybridized carbons (Fsp3) is 0. The fourth-order valence-corrected chi connectivity index (χ4v) is 7.06. The van der Waals surface area contributed by atoms with E-state index in [2.05, 4.69) is 191 Å². The van der Waals surface area contributed by atoms with Crippen LogP contribution in [-0.4, -0.2) is 4.57 Å². The average molecular weight is 587 g/mol. The number of aromatic nitrogens is 1. The smallest absolute Gasteiger partial charge is 0.0561 e. The Morgan fingerprint density at radius 2 is 0.891 bits per heavy atom. The molecule has 2 heteroatoms. The second-order valence-corrected chi connectivity index (χ2v) is 11.8. The normalized spacial score (nSPS) is 11.5. The highest BCUT2D eigenvalue weighted by Gasteiger charge is 2.21. The Bertz CT molecular complexity index is 2480. The largest absolute Gasteiger partial charge is 0.309 e. The molecule has 0 N–H and O–H groups in total. The van der Waals surface area contributed by atoms with Crippen LogP contribution < -0.4 is 4.90 Å². The number of hydrogen-bond donors (Lipinski definition) is 0. The van der Waals surface area contributed by atoms with Gasteiger partial charge in [0, 0.05) is 32.9 Å². The van der Waals surface area contributed by atoms with Crippen molar-refractivity contribution in [1.29, 1.82) is 0 Å². The third-order valence-corrected chi connectivity index (χ3v) is 9.12. The Morgan fingerprint density at radius 3 is 1.63 bits per heavy atom. The third-order valence-electron chi connectivity index (χ3n) is 9.12. The maximum absolute atomic E-state index is 2.45. The maximum atomic E-state index is 2.45. The van der Waals surface area contributed by atoms with E-state index in [0.717, 1.165) is 22.7 Å². The lowest BCUT2D eigenvalue weighted by molar-refractivity contribution is 1.18. The van der Waals surface area contributed by atoms with Crippen LogP contribution in [0, 0.1) is 0 Å². The summed E-state index contributed by atoms with van der Waals surface area (Å²) in [7, 11) is 0. The van der Waals surface area contributed by atoms with E-state index < -0.39 is 0 Å². The second-order valence-electron chi connectivity index (χ2n) is 11.8. The van der Waals surface area contributed by atoms with Crippen molar-refractivity contribution in [2.24, 2.45) is 0 Å². The molecule has 0 unspecified atom stereocenters. The quantitative estimate of drug-likeness (QED) is 0.195. The second kappa shape index (κ2) is 10.8. The van der Waals surface area contributed by atoms with E-state index >= 15 is 0 Å². The molecule has 0 radical (unpaired) electrons. The zero-order chi connectivity index (χ0) is 30.5. The molecule has 0 aliphatic heterocycles. The molecule has 46 heavy (non-hydrogen) atoms. The third kappa shape index (κ3) is 4.27. The van der Waals surface area contributed by atoms with Gasteiger partial charge in [-0.05, 0) is 64.4 Å². The SMILES string of the molecule is c1ccc(-c2cccc(N(c3cccc4ccccc34)c3cc(-n4c5ccccc5c5ccccc54)cc4ccccc34)c2)cc1. The van der Waals surface area contributed by atoms with E-state index in [4.69, 9.17) is 0 Å². The topological polar surface area (TPSA) is 8.17 Å². The highest BCUT2D eigenvalue weighted by atomic mass is 15.1. The number of fused-ring (bicyclic) bond motifs is 5. The number of hydrogen-bond acceptors (Lipinski definition) is 1. The molecule has 0 saturated carbocycles. The van der Waals surface area contributed by atoms with Crippen molar-refractivity contribution in [1.82, 2.24) is 4.57 Å². The van der Waals surface area contributed by atoms with Crippen molar-refractivity contribution >= 4 is 60.4 Å². The van der Waals surface area contributed by atoms with Crippen molar-refractivity contribution in [3.05, 3.63) is 182 Å². The van der Waals surface area contributed by atoms with Gasteiger partial charge in [0.05, 0.1) is 22.4 Å². The molecule has 8 aromatic carbocycles. The molecule has 9 aromatic rings. The highest BCUT2D eigenvalue weighted by molar-refractivity contribution is 6.11. The van der Waals surface area contributed by atoms with Crippen LogP contribution in [-0.2, 0) is 0 Å². The number of anilines is 3. The van der Waals surface area contributed by atoms with Crippen LogP contribution in [0.5, 0.6) is 0 Å². The Morgan fingerprint density at radius 1 is 0.348 bits per heavy atom. The Kier molecular flexibility index (Phi) is 6.17. The summed E-state index contributed by atoms with van der Waals surface area (Å²) in [6, 6.07) is 65.8. The van der Waals surface area contributed by atoms with Gasteiger partial charge >= 0.3 is 0 Å². The maximum Gasteiger partial charge on any atom is 0.0561 e. The van der Waals surface area contributed by atoms with Gasteiger partial charge in [-0.3, -0.25) is 0 Å². The van der Waals surface area contributed by atoms with Crippen LogP contribution >= 0.6 is 0 Å². The monoisotopic (exact) mass is 586 g/mol. The van der Waals surface area contributed by atoms with E-state index in [1.807, 2.05) is 0 Å². The van der Waals surface area contributed by atoms with Crippen molar-refractivity contribution in [2.75, 3.05) is 4.90 Å². The summed E-state index contributed by atoms with van der Waals surface area (Å²) in [6.45, 7) is 0. The van der Waals surface area contributed by atoms with E-state index in [1.165, 1.54) is 54.5 Å². The lowest BCUT2D eigenvalue weighted by atomic mass is 10.0. The molecule has 0 aliphatic rings. The summed E-state index contributed by atoms with van der Waals surface area (Å²) in [5, 5.41) is 7.34. The van der Waals surface area contributed by atoms with Gasteiger partial charge in [-0.2, -0.15) is 0 Å². The summed E-state index contributed by atoms with van der Waals surface area (Å²) in [5.74, 6) is 0. The first-order valence-corrected chi connectivity index (χ1v) is 15.8. The van der Waals surface area contributed by atoms with Crippen molar-refractivity contribution in [2.45, 2.75) is 0 Å². The van der Waals surface area contributed by atoms with Crippen LogP contribution in [0.15, 0.2) is 182 Å². The van der Waals surface area contributed by atoms with Gasteiger partial charge in [-0.1, -0.05) is 140 Å². The van der Waals surface area contributed by atoms with E-state index in [9.17, 15) is 0 Å². The molecule has 1 aromatic heterocycles. The van der Waals surface area contributed by atoms with Gasteiger partial charge in [0.15, 0.2) is 0 Å². The zero-order valence-corrected chi connectivity index (χ0v) is 25.2. The van der Waals surface area contributed by atoms with Gasteiger partial charge in [0.1, 0.15) is 0 Å². The lowest BCUT2D eigenvalue weighted by Crippen LogP contribution is -2.12. The fourth-order valence-electron chi connectivity index (χ4n) is 7.06. The zero-order valence-electron chi connectivity index (χ0n) is 25.2. The van der Waals surface area contributed by atoms with Gasteiger partial charge < -0.3 is 9.47 Å². The molecule has 0 bridgehead atoms. The minimum absolute atomic E-state index is 1.11. The first-order valence-electron chi connectivity index (χ1n) is 15.8. The van der Waals surface area contributed by atoms with Crippen LogP contribution in [0.2, 0.25) is 0 Å². The molecule has 2 nitrogen and oxygen atoms in total. The van der Waals surface area contributed by atoms with Gasteiger partial charge in [-0.25, -0.2) is 0 Å². The van der Waals surface area contributed by atoms with Crippen molar-refractivity contribution < 1.29 is 0 Å². The van der Waals surface area contributed by atoms with E-state index in [-0.39, 0.29) is 0 Å². The summed E-state index contributed by atoms with van der Waals surface area (Å²) < 4.78 is 2.42. The Hall–Kier alpha value is -6.12. The van der Waals surface area contributed by atoms with Crippen molar-refractivity contribution in [3.8, 4) is 16.8 Å². The molecule has 0 aliphatic carbocycles. The first kappa shape index (κ1) is 26.3. The predicted octanol–water partition coefficient (Wildman–Crippen LogP) is 12.2. The minimum atomic E-state index is 1.11. The predicted molar refractivity (Wildman–Crippen MR) is 196 cm³/mol. The lowest BCUT2D eigenvalue weighted by Gasteiger charge is -2.29. The molecule has 0 saturated heterocycles. The molecule has 0 fully saturated rings. The average Bonchev–Trinajstić information content (AvgIpc) is 3.47. The van der Waals surface area contributed by atoms with E-state index in [0.29, 0.717) is 0 Å².